The van der Waals surface area contributed by atoms with Gasteiger partial charge in [-0.25, -0.2) is 4.98 Å². The number of carboxylic acids is 1. The molecule has 0 saturated carbocycles. The van der Waals surface area contributed by atoms with Gasteiger partial charge >= 0.3 is 5.97 Å². The van der Waals surface area contributed by atoms with E-state index in [4.69, 9.17) is 5.11 Å². The fraction of sp³-hybridized carbons (Fsp3) is 0.647. The van der Waals surface area contributed by atoms with E-state index in [-0.39, 0.29) is 6.42 Å². The highest BCUT2D eigenvalue weighted by Crippen LogP contribution is 2.22. The van der Waals surface area contributed by atoms with Crippen molar-refractivity contribution in [1.82, 2.24) is 9.88 Å². The van der Waals surface area contributed by atoms with Crippen LogP contribution in [0.5, 0.6) is 0 Å². The van der Waals surface area contributed by atoms with Crippen LogP contribution in [-0.4, -0.2) is 53.7 Å². The Balaban J connectivity index is 1.72. The SMILES string of the molecule is CCN(CCCC(=O)O)CC1CCN(c2ccccn2)CC1. The van der Waals surface area contributed by atoms with E-state index in [0.29, 0.717) is 5.92 Å². The quantitative estimate of drug-likeness (QED) is 0.799. The van der Waals surface area contributed by atoms with Crippen LogP contribution in [-0.2, 0) is 4.79 Å². The smallest absolute Gasteiger partial charge is 0.303 e. The summed E-state index contributed by atoms with van der Waals surface area (Å²) >= 11 is 0. The average Bonchev–Trinajstić information content (AvgIpc) is 2.55. The fourth-order valence-corrected chi connectivity index (χ4v) is 3.08. The Labute approximate surface area is 132 Å². The molecule has 1 fully saturated rings. The maximum Gasteiger partial charge on any atom is 0.303 e. The van der Waals surface area contributed by atoms with Crippen LogP contribution in [0.15, 0.2) is 24.4 Å². The van der Waals surface area contributed by atoms with Gasteiger partial charge in [-0.2, -0.15) is 0 Å². The van der Waals surface area contributed by atoms with Crippen LogP contribution >= 0.6 is 0 Å². The van der Waals surface area contributed by atoms with Crippen LogP contribution in [0.1, 0.15) is 32.6 Å². The van der Waals surface area contributed by atoms with Crippen molar-refractivity contribution in [2.45, 2.75) is 32.6 Å². The average molecular weight is 305 g/mol. The van der Waals surface area contributed by atoms with E-state index in [1.807, 2.05) is 18.3 Å². The summed E-state index contributed by atoms with van der Waals surface area (Å²) in [5, 5.41) is 8.73. The Morgan fingerprint density at radius 2 is 2.18 bits per heavy atom. The minimum Gasteiger partial charge on any atom is -0.481 e. The zero-order valence-electron chi connectivity index (χ0n) is 13.4. The molecule has 0 amide bonds. The largest absolute Gasteiger partial charge is 0.481 e. The molecule has 0 aromatic carbocycles. The molecule has 5 heteroatoms. The second-order valence-electron chi connectivity index (χ2n) is 6.01. The third-order valence-electron chi connectivity index (χ3n) is 4.42. The Hall–Kier alpha value is -1.62. The lowest BCUT2D eigenvalue weighted by molar-refractivity contribution is -0.137. The molecular weight excluding hydrogens is 278 g/mol. The van der Waals surface area contributed by atoms with Crippen LogP contribution in [0.25, 0.3) is 0 Å². The molecule has 0 unspecified atom stereocenters. The van der Waals surface area contributed by atoms with Crippen LogP contribution in [0.3, 0.4) is 0 Å². The maximum atomic E-state index is 10.6. The minimum atomic E-state index is -0.695. The Bertz CT molecular complexity index is 444. The summed E-state index contributed by atoms with van der Waals surface area (Å²) in [4.78, 5) is 19.8. The van der Waals surface area contributed by atoms with Gasteiger partial charge in [-0.3, -0.25) is 4.79 Å². The van der Waals surface area contributed by atoms with Crippen molar-refractivity contribution in [3.63, 3.8) is 0 Å². The fourth-order valence-electron chi connectivity index (χ4n) is 3.08. The predicted molar refractivity (Wildman–Crippen MR) is 88.2 cm³/mol. The van der Waals surface area contributed by atoms with Crippen molar-refractivity contribution in [1.29, 1.82) is 0 Å². The molecule has 1 aromatic rings. The van der Waals surface area contributed by atoms with Crippen LogP contribution in [0.4, 0.5) is 5.82 Å². The molecule has 1 saturated heterocycles. The summed E-state index contributed by atoms with van der Waals surface area (Å²) in [5.41, 5.74) is 0. The van der Waals surface area contributed by atoms with E-state index < -0.39 is 5.97 Å². The highest BCUT2D eigenvalue weighted by molar-refractivity contribution is 5.66. The van der Waals surface area contributed by atoms with Crippen molar-refractivity contribution < 1.29 is 9.90 Å². The Kier molecular flexibility index (Phi) is 6.65. The molecule has 2 rings (SSSR count). The van der Waals surface area contributed by atoms with Gasteiger partial charge < -0.3 is 14.9 Å². The summed E-state index contributed by atoms with van der Waals surface area (Å²) < 4.78 is 0. The summed E-state index contributed by atoms with van der Waals surface area (Å²) in [7, 11) is 0. The number of hydrogen-bond acceptors (Lipinski definition) is 4. The molecule has 1 aromatic heterocycles. The summed E-state index contributed by atoms with van der Waals surface area (Å²) in [6.45, 7) is 7.27. The van der Waals surface area contributed by atoms with E-state index in [1.54, 1.807) is 0 Å². The van der Waals surface area contributed by atoms with E-state index in [9.17, 15) is 4.79 Å². The van der Waals surface area contributed by atoms with Crippen molar-refractivity contribution in [3.05, 3.63) is 24.4 Å². The van der Waals surface area contributed by atoms with Crippen LogP contribution in [0, 0.1) is 5.92 Å². The number of pyridine rings is 1. The van der Waals surface area contributed by atoms with Gasteiger partial charge in [0.25, 0.3) is 0 Å². The van der Waals surface area contributed by atoms with E-state index in [2.05, 4.69) is 27.8 Å². The first-order chi connectivity index (χ1) is 10.7. The summed E-state index contributed by atoms with van der Waals surface area (Å²) in [6.07, 6.45) is 5.24. The van der Waals surface area contributed by atoms with Gasteiger partial charge in [0, 0.05) is 32.3 Å². The number of aliphatic carboxylic acids is 1. The van der Waals surface area contributed by atoms with Crippen molar-refractivity contribution >= 4 is 11.8 Å². The normalized spacial score (nSPS) is 16.2. The number of rotatable bonds is 8. The second-order valence-corrected chi connectivity index (χ2v) is 6.01. The maximum absolute atomic E-state index is 10.6. The monoisotopic (exact) mass is 305 g/mol. The number of piperidine rings is 1. The zero-order chi connectivity index (χ0) is 15.8. The molecule has 0 atom stereocenters. The second kappa shape index (κ2) is 8.73. The number of carboxylic acid groups (broad SMARTS) is 1. The van der Waals surface area contributed by atoms with Crippen molar-refractivity contribution in [2.75, 3.05) is 37.6 Å². The molecule has 122 valence electrons. The van der Waals surface area contributed by atoms with Crippen LogP contribution < -0.4 is 4.90 Å². The van der Waals surface area contributed by atoms with Gasteiger partial charge in [-0.1, -0.05) is 13.0 Å². The molecular formula is C17H27N3O2. The highest BCUT2D eigenvalue weighted by Gasteiger charge is 2.21. The highest BCUT2D eigenvalue weighted by atomic mass is 16.4. The number of aromatic nitrogens is 1. The molecule has 2 heterocycles. The molecule has 1 N–H and O–H groups in total. The lowest BCUT2D eigenvalue weighted by Crippen LogP contribution is -2.39. The van der Waals surface area contributed by atoms with Gasteiger partial charge in [-0.15, -0.1) is 0 Å². The molecule has 0 radical (unpaired) electrons. The third-order valence-corrected chi connectivity index (χ3v) is 4.42. The molecule has 0 bridgehead atoms. The van der Waals surface area contributed by atoms with Gasteiger partial charge in [0.2, 0.25) is 0 Å². The Morgan fingerprint density at radius 1 is 1.41 bits per heavy atom. The molecule has 1 aliphatic heterocycles. The number of nitrogens with zero attached hydrogens (tertiary/aromatic N) is 3. The van der Waals surface area contributed by atoms with E-state index in [1.165, 1.54) is 12.8 Å². The molecule has 1 aliphatic rings. The Morgan fingerprint density at radius 3 is 2.77 bits per heavy atom. The molecule has 0 aliphatic carbocycles. The predicted octanol–water partition coefficient (Wildman–Crippen LogP) is 2.48. The zero-order valence-corrected chi connectivity index (χ0v) is 13.4. The first kappa shape index (κ1) is 16.7. The number of anilines is 1. The standard InChI is InChI=1S/C17H27N3O2/c1-2-19(11-5-7-17(21)22)14-15-8-12-20(13-9-15)16-6-3-4-10-18-16/h3-4,6,10,15H,2,5,7-9,11-14H2,1H3,(H,21,22). The van der Waals surface area contributed by atoms with E-state index >= 15 is 0 Å². The lowest BCUT2D eigenvalue weighted by atomic mass is 9.96. The first-order valence-corrected chi connectivity index (χ1v) is 8.29. The van der Waals surface area contributed by atoms with Gasteiger partial charge in [0.15, 0.2) is 0 Å². The molecule has 22 heavy (non-hydrogen) atoms. The molecule has 0 spiro atoms. The molecule has 5 nitrogen and oxygen atoms in total. The van der Waals surface area contributed by atoms with Crippen molar-refractivity contribution in [3.8, 4) is 0 Å². The lowest BCUT2D eigenvalue weighted by Gasteiger charge is -2.35. The first-order valence-electron chi connectivity index (χ1n) is 8.29. The number of hydrogen-bond donors (Lipinski definition) is 1. The summed E-state index contributed by atoms with van der Waals surface area (Å²) in [6, 6.07) is 6.06. The van der Waals surface area contributed by atoms with Gasteiger partial charge in [0.1, 0.15) is 5.82 Å². The third kappa shape index (κ3) is 5.30. The minimum absolute atomic E-state index is 0.272. The van der Waals surface area contributed by atoms with Gasteiger partial charge in [-0.05, 0) is 50.4 Å². The number of carbonyl (C=O) groups is 1. The topological polar surface area (TPSA) is 56.7 Å². The van der Waals surface area contributed by atoms with Crippen molar-refractivity contribution in [2.24, 2.45) is 5.92 Å². The van der Waals surface area contributed by atoms with E-state index in [0.717, 1.165) is 45.0 Å². The summed E-state index contributed by atoms with van der Waals surface area (Å²) in [5.74, 6) is 1.10. The van der Waals surface area contributed by atoms with Crippen LogP contribution in [0.2, 0.25) is 0 Å². The van der Waals surface area contributed by atoms with Gasteiger partial charge in [0.05, 0.1) is 0 Å².